The fourth-order valence-corrected chi connectivity index (χ4v) is 3.98. The van der Waals surface area contributed by atoms with E-state index in [0.29, 0.717) is 10.6 Å². The second-order valence-electron chi connectivity index (χ2n) is 6.24. The van der Waals surface area contributed by atoms with Crippen molar-refractivity contribution in [1.29, 1.82) is 0 Å². The average Bonchev–Trinajstić information content (AvgIpc) is 3.08. The van der Waals surface area contributed by atoms with Crippen LogP contribution >= 0.6 is 11.3 Å². The Balaban J connectivity index is 2.03. The number of amides is 2. The first-order valence-electron chi connectivity index (χ1n) is 8.31. The van der Waals surface area contributed by atoms with Gasteiger partial charge in [0.15, 0.2) is 0 Å². The van der Waals surface area contributed by atoms with Gasteiger partial charge in [-0.05, 0) is 38.7 Å². The molecule has 0 atom stereocenters. The first kappa shape index (κ1) is 18.4. The molecular weight excluding hydrogens is 328 g/mol. The van der Waals surface area contributed by atoms with Crippen molar-refractivity contribution in [3.63, 3.8) is 0 Å². The number of carbonyl (C=O) groups excluding carboxylic acids is 2. The summed E-state index contributed by atoms with van der Waals surface area (Å²) in [6.07, 6.45) is 4.67. The average molecular weight is 352 g/mol. The molecule has 6 nitrogen and oxygen atoms in total. The van der Waals surface area contributed by atoms with Crippen molar-refractivity contribution < 1.29 is 19.5 Å². The lowest BCUT2D eigenvalue weighted by Gasteiger charge is -2.13. The molecule has 0 saturated heterocycles. The van der Waals surface area contributed by atoms with Crippen LogP contribution in [-0.2, 0) is 9.59 Å². The van der Waals surface area contributed by atoms with Gasteiger partial charge in [0.1, 0.15) is 5.00 Å². The Morgan fingerprint density at radius 1 is 1.17 bits per heavy atom. The molecular formula is C17H24N2O4S. The highest BCUT2D eigenvalue weighted by molar-refractivity contribution is 7.16. The number of thiophene rings is 1. The van der Waals surface area contributed by atoms with Crippen molar-refractivity contribution in [2.24, 2.45) is 0 Å². The molecule has 0 aliphatic heterocycles. The van der Waals surface area contributed by atoms with Gasteiger partial charge in [-0.25, -0.2) is 0 Å². The van der Waals surface area contributed by atoms with E-state index in [2.05, 4.69) is 10.6 Å². The number of rotatable bonds is 7. The van der Waals surface area contributed by atoms with Gasteiger partial charge in [-0.1, -0.05) is 12.8 Å². The van der Waals surface area contributed by atoms with E-state index in [0.717, 1.165) is 36.1 Å². The zero-order chi connectivity index (χ0) is 17.7. The Labute approximate surface area is 145 Å². The molecule has 0 radical (unpaired) electrons. The molecule has 3 N–H and O–H groups in total. The zero-order valence-electron chi connectivity index (χ0n) is 14.1. The number of carbonyl (C=O) groups is 3. The van der Waals surface area contributed by atoms with Crippen LogP contribution < -0.4 is 10.6 Å². The van der Waals surface area contributed by atoms with Gasteiger partial charge in [-0.2, -0.15) is 0 Å². The molecule has 24 heavy (non-hydrogen) atoms. The Morgan fingerprint density at radius 3 is 2.46 bits per heavy atom. The third-order valence-corrected chi connectivity index (χ3v) is 5.47. The van der Waals surface area contributed by atoms with E-state index in [1.54, 1.807) is 0 Å². The first-order chi connectivity index (χ1) is 11.4. The lowest BCUT2D eigenvalue weighted by molar-refractivity contribution is -0.137. The standard InChI is InChI=1S/C17H24N2O4S/c1-10-11(2)24-17(19-13(20)8-5-9-14(21)22)15(10)16(23)18-12-6-3-4-7-12/h12H,3-9H2,1-2H3,(H,18,23)(H,19,20)(H,21,22). The van der Waals surface area contributed by atoms with E-state index in [1.807, 2.05) is 13.8 Å². The number of aryl methyl sites for hydroxylation is 1. The summed E-state index contributed by atoms with van der Waals surface area (Å²) in [6, 6.07) is 0.219. The van der Waals surface area contributed by atoms with Crippen LogP contribution in [0.25, 0.3) is 0 Å². The molecule has 0 unspecified atom stereocenters. The van der Waals surface area contributed by atoms with E-state index in [9.17, 15) is 14.4 Å². The van der Waals surface area contributed by atoms with E-state index in [1.165, 1.54) is 11.3 Å². The summed E-state index contributed by atoms with van der Waals surface area (Å²) in [5, 5.41) is 15.0. The van der Waals surface area contributed by atoms with Crippen molar-refractivity contribution in [3.05, 3.63) is 16.0 Å². The number of nitrogens with one attached hydrogen (secondary N) is 2. The van der Waals surface area contributed by atoms with Crippen molar-refractivity contribution in [1.82, 2.24) is 5.32 Å². The van der Waals surface area contributed by atoms with Crippen LogP contribution in [0.15, 0.2) is 0 Å². The number of aliphatic carboxylic acids is 1. The molecule has 0 aromatic carbocycles. The summed E-state index contributed by atoms with van der Waals surface area (Å²) in [7, 11) is 0. The van der Waals surface area contributed by atoms with Crippen molar-refractivity contribution in [2.75, 3.05) is 5.32 Å². The Kier molecular flexibility index (Phi) is 6.36. The van der Waals surface area contributed by atoms with Crippen LogP contribution in [0, 0.1) is 13.8 Å². The maximum Gasteiger partial charge on any atom is 0.303 e. The summed E-state index contributed by atoms with van der Waals surface area (Å²) >= 11 is 1.39. The molecule has 0 bridgehead atoms. The lowest BCUT2D eigenvalue weighted by Crippen LogP contribution is -2.33. The molecule has 1 aromatic rings. The van der Waals surface area contributed by atoms with E-state index in [4.69, 9.17) is 5.11 Å². The fourth-order valence-electron chi connectivity index (χ4n) is 2.91. The van der Waals surface area contributed by atoms with Crippen LogP contribution in [0.4, 0.5) is 5.00 Å². The predicted molar refractivity (Wildman–Crippen MR) is 93.6 cm³/mol. The minimum atomic E-state index is -0.915. The van der Waals surface area contributed by atoms with Gasteiger partial charge in [-0.15, -0.1) is 11.3 Å². The highest BCUT2D eigenvalue weighted by Crippen LogP contribution is 2.33. The van der Waals surface area contributed by atoms with Crippen molar-refractivity contribution in [2.45, 2.75) is 64.8 Å². The molecule has 2 rings (SSSR count). The largest absolute Gasteiger partial charge is 0.481 e. The van der Waals surface area contributed by atoms with Crippen molar-refractivity contribution in [3.8, 4) is 0 Å². The fraction of sp³-hybridized carbons (Fsp3) is 0.588. The summed E-state index contributed by atoms with van der Waals surface area (Å²) in [5.41, 5.74) is 1.42. The zero-order valence-corrected chi connectivity index (χ0v) is 14.9. The van der Waals surface area contributed by atoms with Crippen LogP contribution in [0.1, 0.15) is 65.7 Å². The second-order valence-corrected chi connectivity index (χ2v) is 7.46. The molecule has 1 aliphatic carbocycles. The highest BCUT2D eigenvalue weighted by atomic mass is 32.1. The molecule has 7 heteroatoms. The van der Waals surface area contributed by atoms with Crippen LogP contribution in [-0.4, -0.2) is 28.9 Å². The Hall–Kier alpha value is -1.89. The minimum Gasteiger partial charge on any atom is -0.481 e. The van der Waals surface area contributed by atoms with Gasteiger partial charge in [0.2, 0.25) is 5.91 Å². The molecule has 132 valence electrons. The number of carboxylic acid groups (broad SMARTS) is 1. The summed E-state index contributed by atoms with van der Waals surface area (Å²) in [6.45, 7) is 3.81. The van der Waals surface area contributed by atoms with Gasteiger partial charge in [0, 0.05) is 23.8 Å². The van der Waals surface area contributed by atoms with E-state index < -0.39 is 5.97 Å². The second kappa shape index (κ2) is 8.28. The maximum atomic E-state index is 12.6. The number of carboxylic acids is 1. The Bertz CT molecular complexity index is 633. The smallest absolute Gasteiger partial charge is 0.303 e. The molecule has 1 aliphatic rings. The topological polar surface area (TPSA) is 95.5 Å². The van der Waals surface area contributed by atoms with E-state index in [-0.39, 0.29) is 37.1 Å². The summed E-state index contributed by atoms with van der Waals surface area (Å²) in [4.78, 5) is 36.1. The SMILES string of the molecule is Cc1sc(NC(=O)CCCC(=O)O)c(C(=O)NC2CCCC2)c1C. The first-order valence-corrected chi connectivity index (χ1v) is 9.12. The number of hydrogen-bond acceptors (Lipinski definition) is 4. The number of anilines is 1. The van der Waals surface area contributed by atoms with Crippen LogP contribution in [0.5, 0.6) is 0 Å². The third-order valence-electron chi connectivity index (χ3n) is 4.35. The molecule has 1 aromatic heterocycles. The summed E-state index contributed by atoms with van der Waals surface area (Å²) in [5.74, 6) is -1.31. The number of hydrogen-bond donors (Lipinski definition) is 3. The molecule has 0 spiro atoms. The Morgan fingerprint density at radius 2 is 1.83 bits per heavy atom. The van der Waals surface area contributed by atoms with Crippen molar-refractivity contribution >= 4 is 34.1 Å². The monoisotopic (exact) mass is 352 g/mol. The van der Waals surface area contributed by atoms with Gasteiger partial charge < -0.3 is 15.7 Å². The molecule has 1 heterocycles. The quantitative estimate of drug-likeness (QED) is 0.702. The third kappa shape index (κ3) is 4.80. The van der Waals surface area contributed by atoms with Gasteiger partial charge >= 0.3 is 5.97 Å². The van der Waals surface area contributed by atoms with Gasteiger partial charge in [-0.3, -0.25) is 14.4 Å². The normalized spacial score (nSPS) is 14.6. The highest BCUT2D eigenvalue weighted by Gasteiger charge is 2.24. The predicted octanol–water partition coefficient (Wildman–Crippen LogP) is 3.23. The maximum absolute atomic E-state index is 12.6. The molecule has 1 saturated carbocycles. The lowest BCUT2D eigenvalue weighted by atomic mass is 10.1. The molecule has 2 amide bonds. The molecule has 1 fully saturated rings. The van der Waals surface area contributed by atoms with Gasteiger partial charge in [0.05, 0.1) is 5.56 Å². The van der Waals surface area contributed by atoms with E-state index >= 15 is 0 Å². The van der Waals surface area contributed by atoms with Crippen LogP contribution in [0.3, 0.4) is 0 Å². The minimum absolute atomic E-state index is 0.0368. The summed E-state index contributed by atoms with van der Waals surface area (Å²) < 4.78 is 0. The van der Waals surface area contributed by atoms with Gasteiger partial charge in [0.25, 0.3) is 5.91 Å². The van der Waals surface area contributed by atoms with Crippen LogP contribution in [0.2, 0.25) is 0 Å².